The van der Waals surface area contributed by atoms with Crippen molar-refractivity contribution in [2.24, 2.45) is 0 Å². The van der Waals surface area contributed by atoms with Gasteiger partial charge in [0, 0.05) is 17.6 Å². The quantitative estimate of drug-likeness (QED) is 0.680. The molecule has 27 heavy (non-hydrogen) atoms. The Kier molecular flexibility index (Phi) is 5.43. The van der Waals surface area contributed by atoms with Crippen LogP contribution in [0.2, 0.25) is 0 Å². The zero-order chi connectivity index (χ0) is 19.6. The van der Waals surface area contributed by atoms with Crippen molar-refractivity contribution in [3.05, 3.63) is 75.8 Å². The first kappa shape index (κ1) is 19.3. The largest absolute Gasteiger partial charge is 0.322 e. The fourth-order valence-electron chi connectivity index (χ4n) is 2.83. The number of fused-ring (bicyclic) bond motifs is 1. The molecule has 0 aliphatic rings. The van der Waals surface area contributed by atoms with Gasteiger partial charge in [0.25, 0.3) is 5.56 Å². The first-order chi connectivity index (χ1) is 12.8. The lowest BCUT2D eigenvalue weighted by Crippen LogP contribution is -2.27. The zero-order valence-corrected chi connectivity index (χ0v) is 15.9. The molecule has 3 aromatic rings. The molecule has 0 aliphatic heterocycles. The van der Waals surface area contributed by atoms with Crippen LogP contribution in [0.5, 0.6) is 0 Å². The molecule has 142 valence electrons. The van der Waals surface area contributed by atoms with Crippen LogP contribution >= 0.6 is 0 Å². The average molecular weight is 388 g/mol. The normalized spacial score (nSPS) is 12.0. The Bertz CT molecular complexity index is 1120. The molecule has 7 heteroatoms. The first-order valence-corrected chi connectivity index (χ1v) is 10.2. The van der Waals surface area contributed by atoms with Gasteiger partial charge in [-0.05, 0) is 65.8 Å². The van der Waals surface area contributed by atoms with Crippen LogP contribution in [0.25, 0.3) is 10.9 Å². The Balaban J connectivity index is 1.77. The number of halogens is 1. The molecule has 0 spiro atoms. The summed E-state index contributed by atoms with van der Waals surface area (Å²) >= 11 is 0. The van der Waals surface area contributed by atoms with E-state index in [1.807, 2.05) is 18.2 Å². The number of H-pyrrole nitrogens is 1. The van der Waals surface area contributed by atoms with Crippen LogP contribution in [0.1, 0.15) is 30.9 Å². The van der Waals surface area contributed by atoms with Crippen molar-refractivity contribution < 1.29 is 12.8 Å². The highest BCUT2D eigenvalue weighted by atomic mass is 32.2. The fraction of sp³-hybridized carbons (Fsp3) is 0.250. The Hall–Kier alpha value is -2.51. The number of aromatic nitrogens is 1. The molecule has 0 bridgehead atoms. The second-order valence-electron chi connectivity index (χ2n) is 6.73. The molecule has 0 aliphatic carbocycles. The molecule has 0 saturated carbocycles. The molecule has 1 aromatic heterocycles. The third-order valence-electron chi connectivity index (χ3n) is 4.42. The van der Waals surface area contributed by atoms with Crippen molar-refractivity contribution in [2.75, 3.05) is 6.54 Å². The number of sulfonamides is 1. The van der Waals surface area contributed by atoms with E-state index in [0.717, 1.165) is 28.6 Å². The third kappa shape index (κ3) is 4.43. The Morgan fingerprint density at radius 2 is 1.78 bits per heavy atom. The van der Waals surface area contributed by atoms with E-state index in [1.54, 1.807) is 6.07 Å². The summed E-state index contributed by atoms with van der Waals surface area (Å²) < 4.78 is 39.9. The molecule has 0 amide bonds. The van der Waals surface area contributed by atoms with Crippen molar-refractivity contribution in [3.8, 4) is 0 Å². The monoisotopic (exact) mass is 388 g/mol. The summed E-state index contributed by atoms with van der Waals surface area (Å²) in [5, 5.41) is 0.914. The second kappa shape index (κ2) is 7.62. The lowest BCUT2D eigenvalue weighted by Gasteiger charge is -2.09. The van der Waals surface area contributed by atoms with Gasteiger partial charge in [0.15, 0.2) is 0 Å². The van der Waals surface area contributed by atoms with E-state index in [9.17, 15) is 17.6 Å². The molecule has 2 aromatic carbocycles. The summed E-state index contributed by atoms with van der Waals surface area (Å²) in [7, 11) is -3.75. The van der Waals surface area contributed by atoms with E-state index in [2.05, 4.69) is 23.6 Å². The highest BCUT2D eigenvalue weighted by molar-refractivity contribution is 7.89. The molecule has 5 nitrogen and oxygen atoms in total. The van der Waals surface area contributed by atoms with E-state index in [4.69, 9.17) is 0 Å². The predicted molar refractivity (Wildman–Crippen MR) is 104 cm³/mol. The number of nitrogens with one attached hydrogen (secondary N) is 2. The molecule has 0 radical (unpaired) electrons. The molecule has 0 unspecified atom stereocenters. The average Bonchev–Trinajstić information content (AvgIpc) is 2.62. The number of pyridine rings is 1. The number of hydrogen-bond acceptors (Lipinski definition) is 3. The lowest BCUT2D eigenvalue weighted by molar-refractivity contribution is 0.580. The zero-order valence-electron chi connectivity index (χ0n) is 15.1. The van der Waals surface area contributed by atoms with Gasteiger partial charge in [0.1, 0.15) is 5.82 Å². The van der Waals surface area contributed by atoms with Crippen LogP contribution < -0.4 is 10.3 Å². The van der Waals surface area contributed by atoms with Crippen LogP contribution in [0.15, 0.2) is 58.2 Å². The Labute approximate surface area is 157 Å². The maximum absolute atomic E-state index is 12.9. The summed E-state index contributed by atoms with van der Waals surface area (Å²) in [6.07, 6.45) is 0.248. The Morgan fingerprint density at radius 1 is 1.07 bits per heavy atom. The number of benzene rings is 2. The van der Waals surface area contributed by atoms with E-state index in [-0.39, 0.29) is 23.4 Å². The van der Waals surface area contributed by atoms with Gasteiger partial charge >= 0.3 is 0 Å². The van der Waals surface area contributed by atoms with Crippen molar-refractivity contribution in [3.63, 3.8) is 0 Å². The van der Waals surface area contributed by atoms with Crippen LogP contribution in [-0.4, -0.2) is 19.9 Å². The number of rotatable bonds is 6. The first-order valence-electron chi connectivity index (χ1n) is 8.67. The molecule has 0 saturated heterocycles. The van der Waals surface area contributed by atoms with Gasteiger partial charge in [-0.25, -0.2) is 17.5 Å². The topological polar surface area (TPSA) is 79.0 Å². The van der Waals surface area contributed by atoms with Gasteiger partial charge in [-0.15, -0.1) is 0 Å². The van der Waals surface area contributed by atoms with Gasteiger partial charge in [-0.2, -0.15) is 0 Å². The van der Waals surface area contributed by atoms with Gasteiger partial charge in [-0.3, -0.25) is 4.79 Å². The van der Waals surface area contributed by atoms with E-state index < -0.39 is 15.8 Å². The maximum atomic E-state index is 12.9. The van der Waals surface area contributed by atoms with Crippen LogP contribution in [0, 0.1) is 5.82 Å². The minimum absolute atomic E-state index is 0.0158. The lowest BCUT2D eigenvalue weighted by atomic mass is 10.0. The SMILES string of the molecule is CC(C)c1ccc2[nH]c(=O)c(CCNS(=O)(=O)c3ccc(F)cc3)cc2c1. The molecule has 1 heterocycles. The summed E-state index contributed by atoms with van der Waals surface area (Å²) in [4.78, 5) is 15.1. The number of aromatic amines is 1. The fourth-order valence-corrected chi connectivity index (χ4v) is 3.86. The molecule has 2 N–H and O–H groups in total. The van der Waals surface area contributed by atoms with Crippen molar-refractivity contribution in [2.45, 2.75) is 31.1 Å². The molecule has 0 fully saturated rings. The van der Waals surface area contributed by atoms with E-state index in [0.29, 0.717) is 11.5 Å². The van der Waals surface area contributed by atoms with Crippen LogP contribution in [0.3, 0.4) is 0 Å². The molecular weight excluding hydrogens is 367 g/mol. The van der Waals surface area contributed by atoms with Crippen molar-refractivity contribution >= 4 is 20.9 Å². The minimum Gasteiger partial charge on any atom is -0.322 e. The highest BCUT2D eigenvalue weighted by Crippen LogP contribution is 2.20. The second-order valence-corrected chi connectivity index (χ2v) is 8.49. The van der Waals surface area contributed by atoms with Crippen molar-refractivity contribution in [1.82, 2.24) is 9.71 Å². The summed E-state index contributed by atoms with van der Waals surface area (Å²) in [5.41, 5.74) is 2.18. The number of hydrogen-bond donors (Lipinski definition) is 2. The molecular formula is C20H21FN2O3S. The van der Waals surface area contributed by atoms with Crippen LogP contribution in [-0.2, 0) is 16.4 Å². The van der Waals surface area contributed by atoms with Crippen LogP contribution in [0.4, 0.5) is 4.39 Å². The van der Waals surface area contributed by atoms with E-state index in [1.165, 1.54) is 12.1 Å². The molecule has 3 rings (SSSR count). The van der Waals surface area contributed by atoms with E-state index >= 15 is 0 Å². The van der Waals surface area contributed by atoms with Crippen molar-refractivity contribution in [1.29, 1.82) is 0 Å². The predicted octanol–water partition coefficient (Wildman–Crippen LogP) is 3.31. The van der Waals surface area contributed by atoms with Gasteiger partial charge < -0.3 is 4.98 Å². The smallest absolute Gasteiger partial charge is 0.251 e. The Morgan fingerprint density at radius 3 is 2.44 bits per heavy atom. The maximum Gasteiger partial charge on any atom is 0.251 e. The highest BCUT2D eigenvalue weighted by Gasteiger charge is 2.14. The molecule has 0 atom stereocenters. The van der Waals surface area contributed by atoms with Gasteiger partial charge in [-0.1, -0.05) is 19.9 Å². The third-order valence-corrected chi connectivity index (χ3v) is 5.90. The van der Waals surface area contributed by atoms with Gasteiger partial charge in [0.2, 0.25) is 10.0 Å². The standard InChI is InChI=1S/C20H21FN2O3S/c1-13(2)14-3-8-19-16(11-14)12-15(20(24)23-19)9-10-22-27(25,26)18-6-4-17(21)5-7-18/h3-8,11-13,22H,9-10H2,1-2H3,(H,23,24). The summed E-state index contributed by atoms with van der Waals surface area (Å²) in [6, 6.07) is 12.3. The van der Waals surface area contributed by atoms with Gasteiger partial charge in [0.05, 0.1) is 4.90 Å². The summed E-state index contributed by atoms with van der Waals surface area (Å²) in [5.74, 6) is -0.135. The minimum atomic E-state index is -3.75. The summed E-state index contributed by atoms with van der Waals surface area (Å²) in [6.45, 7) is 4.26.